The molecule has 0 aliphatic heterocycles. The van der Waals surface area contributed by atoms with Crippen LogP contribution in [0.4, 0.5) is 5.69 Å². The number of rotatable bonds is 6. The summed E-state index contributed by atoms with van der Waals surface area (Å²) in [6.07, 6.45) is 4.56. The van der Waals surface area contributed by atoms with Crippen LogP contribution in [0.1, 0.15) is 49.8 Å². The number of amides is 1. The highest BCUT2D eigenvalue weighted by molar-refractivity contribution is 6.30. The summed E-state index contributed by atoms with van der Waals surface area (Å²) in [6, 6.07) is 15.9. The Labute approximate surface area is 161 Å². The third-order valence-corrected chi connectivity index (χ3v) is 5.37. The van der Waals surface area contributed by atoms with Gasteiger partial charge in [0.15, 0.2) is 0 Å². The second-order valence-corrected chi connectivity index (χ2v) is 7.51. The van der Waals surface area contributed by atoms with Crippen LogP contribution in [0, 0.1) is 6.92 Å². The molecule has 0 radical (unpaired) electrons. The molecule has 3 nitrogen and oxygen atoms in total. The number of halogens is 1. The first-order valence-corrected chi connectivity index (χ1v) is 9.85. The fraction of sp³-hybridized carbons (Fsp3) is 0.409. The Morgan fingerprint density at radius 3 is 2.50 bits per heavy atom. The number of carbonyl (C=O) groups is 1. The van der Waals surface area contributed by atoms with Gasteiger partial charge < -0.3 is 10.2 Å². The zero-order valence-electron chi connectivity index (χ0n) is 15.5. The largest absolute Gasteiger partial charge is 0.356 e. The van der Waals surface area contributed by atoms with Crippen LogP contribution in [0.3, 0.4) is 0 Å². The first kappa shape index (κ1) is 18.8. The maximum atomic E-state index is 13.3. The summed E-state index contributed by atoms with van der Waals surface area (Å²) < 4.78 is 0. The number of hydrogen-bond acceptors (Lipinski definition) is 2. The highest BCUT2D eigenvalue weighted by Crippen LogP contribution is 2.30. The zero-order valence-corrected chi connectivity index (χ0v) is 16.3. The van der Waals surface area contributed by atoms with Crippen molar-refractivity contribution < 1.29 is 4.79 Å². The fourth-order valence-corrected chi connectivity index (χ4v) is 3.92. The summed E-state index contributed by atoms with van der Waals surface area (Å²) in [7, 11) is 0. The van der Waals surface area contributed by atoms with Crippen molar-refractivity contribution in [3.63, 3.8) is 0 Å². The van der Waals surface area contributed by atoms with Crippen molar-refractivity contribution in [3.8, 4) is 0 Å². The van der Waals surface area contributed by atoms with E-state index in [0.717, 1.165) is 30.6 Å². The molecule has 3 rings (SSSR count). The molecule has 1 saturated carbocycles. The molecule has 0 aromatic heterocycles. The first-order valence-electron chi connectivity index (χ1n) is 9.47. The van der Waals surface area contributed by atoms with Crippen LogP contribution in [0.2, 0.25) is 5.02 Å². The molecule has 1 aliphatic carbocycles. The molecule has 1 N–H and O–H groups in total. The standard InChI is InChI=1S/C22H27ClN2O/c1-3-25(20-10-6-7-16(2)15-20)21(17-11-13-18(23)14-12-17)22(26)24-19-8-4-5-9-19/h6-7,10-15,19,21H,3-5,8-9H2,1-2H3,(H,24,26). The lowest BCUT2D eigenvalue weighted by Gasteiger charge is -2.33. The topological polar surface area (TPSA) is 32.3 Å². The number of aryl methyl sites for hydroxylation is 1. The van der Waals surface area contributed by atoms with Gasteiger partial charge in [-0.2, -0.15) is 0 Å². The average Bonchev–Trinajstić information content (AvgIpc) is 3.13. The number of nitrogens with one attached hydrogen (secondary N) is 1. The van der Waals surface area contributed by atoms with E-state index in [4.69, 9.17) is 11.6 Å². The molecule has 1 fully saturated rings. The quantitative estimate of drug-likeness (QED) is 0.750. The van der Waals surface area contributed by atoms with Crippen LogP contribution in [0.15, 0.2) is 48.5 Å². The lowest BCUT2D eigenvalue weighted by molar-refractivity contribution is -0.123. The molecule has 2 aromatic carbocycles. The van der Waals surface area contributed by atoms with Gasteiger partial charge in [0.1, 0.15) is 6.04 Å². The molecule has 1 aliphatic rings. The van der Waals surface area contributed by atoms with Crippen molar-refractivity contribution in [3.05, 3.63) is 64.7 Å². The summed E-state index contributed by atoms with van der Waals surface area (Å²) in [5, 5.41) is 3.96. The normalized spacial score (nSPS) is 15.7. The summed E-state index contributed by atoms with van der Waals surface area (Å²) >= 11 is 6.07. The van der Waals surface area contributed by atoms with Crippen LogP contribution >= 0.6 is 11.6 Å². The van der Waals surface area contributed by atoms with Crippen molar-refractivity contribution >= 4 is 23.2 Å². The van der Waals surface area contributed by atoms with Gasteiger partial charge in [-0.1, -0.05) is 48.7 Å². The molecule has 26 heavy (non-hydrogen) atoms. The van der Waals surface area contributed by atoms with Gasteiger partial charge in [0.2, 0.25) is 5.91 Å². The van der Waals surface area contributed by atoms with E-state index < -0.39 is 0 Å². The Bertz CT molecular complexity index is 738. The molecule has 1 unspecified atom stereocenters. The van der Waals surface area contributed by atoms with E-state index in [1.54, 1.807) is 0 Å². The van der Waals surface area contributed by atoms with Crippen LogP contribution < -0.4 is 10.2 Å². The van der Waals surface area contributed by atoms with E-state index in [2.05, 4.69) is 42.3 Å². The van der Waals surface area contributed by atoms with Crippen molar-refractivity contribution in [2.24, 2.45) is 0 Å². The van der Waals surface area contributed by atoms with E-state index in [0.29, 0.717) is 11.1 Å². The fourth-order valence-electron chi connectivity index (χ4n) is 3.79. The molecular formula is C22H27ClN2O. The summed E-state index contributed by atoms with van der Waals surface area (Å²) in [5.41, 5.74) is 3.22. The minimum Gasteiger partial charge on any atom is -0.356 e. The van der Waals surface area contributed by atoms with Crippen molar-refractivity contribution in [2.45, 2.75) is 51.6 Å². The Balaban J connectivity index is 1.94. The lowest BCUT2D eigenvalue weighted by atomic mass is 10.0. The van der Waals surface area contributed by atoms with E-state index in [1.165, 1.54) is 18.4 Å². The first-order chi connectivity index (χ1) is 12.6. The maximum absolute atomic E-state index is 13.3. The van der Waals surface area contributed by atoms with Crippen molar-refractivity contribution in [2.75, 3.05) is 11.4 Å². The Kier molecular flexibility index (Phi) is 6.20. The molecular weight excluding hydrogens is 344 g/mol. The summed E-state index contributed by atoms with van der Waals surface area (Å²) in [6.45, 7) is 4.91. The number of benzene rings is 2. The highest BCUT2D eigenvalue weighted by Gasteiger charge is 2.29. The van der Waals surface area contributed by atoms with E-state index in [1.807, 2.05) is 30.3 Å². The second kappa shape index (κ2) is 8.59. The van der Waals surface area contributed by atoms with E-state index >= 15 is 0 Å². The molecule has 1 amide bonds. The summed E-state index contributed by atoms with van der Waals surface area (Å²) in [4.78, 5) is 15.4. The molecule has 4 heteroatoms. The SMILES string of the molecule is CCN(c1cccc(C)c1)C(C(=O)NC1CCCC1)c1ccc(Cl)cc1. The van der Waals surface area contributed by atoms with E-state index in [-0.39, 0.29) is 11.9 Å². The van der Waals surface area contributed by atoms with Gasteiger partial charge in [0, 0.05) is 23.3 Å². The molecule has 0 bridgehead atoms. The predicted molar refractivity (Wildman–Crippen MR) is 109 cm³/mol. The third-order valence-electron chi connectivity index (χ3n) is 5.12. The molecule has 0 heterocycles. The van der Waals surface area contributed by atoms with Crippen LogP contribution in [0.25, 0.3) is 0 Å². The zero-order chi connectivity index (χ0) is 18.5. The third kappa shape index (κ3) is 4.39. The minimum atomic E-state index is -0.361. The summed E-state index contributed by atoms with van der Waals surface area (Å²) in [5.74, 6) is 0.0718. The minimum absolute atomic E-state index is 0.0718. The molecule has 0 spiro atoms. The van der Waals surface area contributed by atoms with Gasteiger partial charge in [-0.25, -0.2) is 0 Å². The molecule has 2 aromatic rings. The van der Waals surface area contributed by atoms with E-state index in [9.17, 15) is 4.79 Å². The van der Waals surface area contributed by atoms with Gasteiger partial charge in [-0.15, -0.1) is 0 Å². The number of hydrogen-bond donors (Lipinski definition) is 1. The molecule has 1 atom stereocenters. The Hall–Kier alpha value is -2.00. The van der Waals surface area contributed by atoms with Gasteiger partial charge in [-0.3, -0.25) is 4.79 Å². The van der Waals surface area contributed by atoms with Gasteiger partial charge in [0.25, 0.3) is 0 Å². The monoisotopic (exact) mass is 370 g/mol. The average molecular weight is 371 g/mol. The Morgan fingerprint density at radius 1 is 1.19 bits per heavy atom. The van der Waals surface area contributed by atoms with Crippen molar-refractivity contribution in [1.29, 1.82) is 0 Å². The van der Waals surface area contributed by atoms with Crippen LogP contribution in [-0.4, -0.2) is 18.5 Å². The smallest absolute Gasteiger partial charge is 0.247 e. The highest BCUT2D eigenvalue weighted by atomic mass is 35.5. The van der Waals surface area contributed by atoms with Gasteiger partial charge >= 0.3 is 0 Å². The van der Waals surface area contributed by atoms with Crippen LogP contribution in [0.5, 0.6) is 0 Å². The number of carbonyl (C=O) groups excluding carboxylic acids is 1. The molecule has 138 valence electrons. The van der Waals surface area contributed by atoms with Crippen molar-refractivity contribution in [1.82, 2.24) is 5.32 Å². The predicted octanol–water partition coefficient (Wildman–Crippen LogP) is 5.27. The number of nitrogens with zero attached hydrogens (tertiary/aromatic N) is 1. The number of likely N-dealkylation sites (N-methyl/N-ethyl adjacent to an activating group) is 1. The van der Waals surface area contributed by atoms with Gasteiger partial charge in [-0.05, 0) is 62.1 Å². The molecule has 0 saturated heterocycles. The second-order valence-electron chi connectivity index (χ2n) is 7.07. The van der Waals surface area contributed by atoms with Crippen LogP contribution in [-0.2, 0) is 4.79 Å². The Morgan fingerprint density at radius 2 is 1.88 bits per heavy atom. The maximum Gasteiger partial charge on any atom is 0.247 e. The lowest BCUT2D eigenvalue weighted by Crippen LogP contribution is -2.44. The van der Waals surface area contributed by atoms with Gasteiger partial charge in [0.05, 0.1) is 0 Å². The number of anilines is 1.